The molecule has 1 amide bonds. The number of nitrogens with two attached hydrogens (primary N) is 1. The Morgan fingerprint density at radius 3 is 2.21 bits per heavy atom. The van der Waals surface area contributed by atoms with E-state index in [4.69, 9.17) is 5.73 Å². The van der Waals surface area contributed by atoms with E-state index in [1.54, 1.807) is 0 Å². The summed E-state index contributed by atoms with van der Waals surface area (Å²) in [5.74, 6) is 0.260. The second kappa shape index (κ2) is 6.25. The van der Waals surface area contributed by atoms with Crippen molar-refractivity contribution < 1.29 is 4.79 Å². The number of nitrogens with one attached hydrogen (secondary N) is 1. The van der Waals surface area contributed by atoms with Crippen LogP contribution in [-0.2, 0) is 4.79 Å². The van der Waals surface area contributed by atoms with Crippen LogP contribution in [0.15, 0.2) is 0 Å². The van der Waals surface area contributed by atoms with Crippen molar-refractivity contribution in [1.29, 1.82) is 0 Å². The van der Waals surface area contributed by atoms with E-state index in [9.17, 15) is 4.79 Å². The van der Waals surface area contributed by atoms with Crippen LogP contribution in [0.5, 0.6) is 0 Å². The number of carbonyl (C=O) groups is 1. The van der Waals surface area contributed by atoms with Gasteiger partial charge in [0.2, 0.25) is 5.91 Å². The molecule has 3 nitrogen and oxygen atoms in total. The second-order valence-corrected chi connectivity index (χ2v) is 4.27. The average Bonchev–Trinajstić information content (AvgIpc) is 2.08. The summed E-state index contributed by atoms with van der Waals surface area (Å²) in [4.78, 5) is 11.4. The first-order valence-corrected chi connectivity index (χ1v) is 5.15. The van der Waals surface area contributed by atoms with Crippen molar-refractivity contribution in [3.05, 3.63) is 0 Å². The van der Waals surface area contributed by atoms with Crippen molar-refractivity contribution >= 4 is 18.3 Å². The molecule has 1 aliphatic rings. The largest absolute Gasteiger partial charge is 0.353 e. The lowest BCUT2D eigenvalue weighted by atomic mass is 9.91. The molecule has 0 aromatic carbocycles. The number of hydrogen-bond acceptors (Lipinski definition) is 2. The molecule has 84 valence electrons. The molecule has 1 rings (SSSR count). The maximum atomic E-state index is 11.4. The fourth-order valence-electron chi connectivity index (χ4n) is 1.63. The Morgan fingerprint density at radius 1 is 1.29 bits per heavy atom. The zero-order chi connectivity index (χ0) is 9.84. The van der Waals surface area contributed by atoms with Gasteiger partial charge in [0.25, 0.3) is 0 Å². The summed E-state index contributed by atoms with van der Waals surface area (Å²) in [6.07, 6.45) is 4.17. The van der Waals surface area contributed by atoms with Crippen molar-refractivity contribution in [2.24, 2.45) is 11.7 Å². The molecule has 3 N–H and O–H groups in total. The number of halogens is 1. The summed E-state index contributed by atoms with van der Waals surface area (Å²) in [6, 6.07) is 0.724. The quantitative estimate of drug-likeness (QED) is 0.740. The van der Waals surface area contributed by atoms with E-state index in [-0.39, 0.29) is 24.2 Å². The number of hydrogen-bond donors (Lipinski definition) is 2. The van der Waals surface area contributed by atoms with Gasteiger partial charge < -0.3 is 11.1 Å². The highest BCUT2D eigenvalue weighted by atomic mass is 35.5. The van der Waals surface area contributed by atoms with E-state index in [0.717, 1.165) is 25.7 Å². The highest BCUT2D eigenvalue weighted by Crippen LogP contribution is 2.17. The third-order valence-electron chi connectivity index (χ3n) is 2.64. The van der Waals surface area contributed by atoms with Crippen molar-refractivity contribution in [1.82, 2.24) is 5.32 Å². The molecular weight excluding hydrogens is 200 g/mol. The first-order chi connectivity index (χ1) is 6.09. The Morgan fingerprint density at radius 2 is 1.79 bits per heavy atom. The summed E-state index contributed by atoms with van der Waals surface area (Å²) in [5.41, 5.74) is 5.77. The molecule has 4 heteroatoms. The molecule has 0 radical (unpaired) electrons. The molecule has 0 bridgehead atoms. The molecule has 0 atom stereocenters. The Kier molecular flexibility index (Phi) is 6.12. The Bertz CT molecular complexity index is 177. The van der Waals surface area contributed by atoms with Gasteiger partial charge in [-0.15, -0.1) is 12.4 Å². The van der Waals surface area contributed by atoms with Gasteiger partial charge in [-0.1, -0.05) is 13.8 Å². The molecule has 0 heterocycles. The van der Waals surface area contributed by atoms with Gasteiger partial charge in [-0.25, -0.2) is 0 Å². The molecular formula is C10H21ClN2O. The standard InChI is InChI=1S/C10H20N2O.ClH/c1-7(2)10(13)12-9-5-3-8(11)4-6-9;/h7-9H,3-6,11H2,1-2H3,(H,12,13);1H. The molecule has 0 aromatic rings. The van der Waals surface area contributed by atoms with Gasteiger partial charge in [0, 0.05) is 18.0 Å². The van der Waals surface area contributed by atoms with Crippen LogP contribution in [0, 0.1) is 5.92 Å². The second-order valence-electron chi connectivity index (χ2n) is 4.27. The number of carbonyl (C=O) groups excluding carboxylic acids is 1. The highest BCUT2D eigenvalue weighted by molar-refractivity contribution is 5.85. The van der Waals surface area contributed by atoms with Crippen LogP contribution in [-0.4, -0.2) is 18.0 Å². The molecule has 0 saturated heterocycles. The number of amides is 1. The van der Waals surface area contributed by atoms with E-state index in [0.29, 0.717) is 12.1 Å². The fourth-order valence-corrected chi connectivity index (χ4v) is 1.63. The lowest BCUT2D eigenvalue weighted by Gasteiger charge is -2.27. The van der Waals surface area contributed by atoms with E-state index in [1.807, 2.05) is 13.8 Å². The molecule has 14 heavy (non-hydrogen) atoms. The van der Waals surface area contributed by atoms with Crippen molar-refractivity contribution in [3.8, 4) is 0 Å². The molecule has 0 unspecified atom stereocenters. The number of rotatable bonds is 2. The minimum absolute atomic E-state index is 0. The highest BCUT2D eigenvalue weighted by Gasteiger charge is 2.20. The summed E-state index contributed by atoms with van der Waals surface area (Å²) in [7, 11) is 0. The third-order valence-corrected chi connectivity index (χ3v) is 2.64. The fraction of sp³-hybridized carbons (Fsp3) is 0.900. The minimum atomic E-state index is 0. The van der Waals surface area contributed by atoms with Crippen LogP contribution in [0.1, 0.15) is 39.5 Å². The van der Waals surface area contributed by atoms with Gasteiger partial charge in [0.1, 0.15) is 0 Å². The van der Waals surface area contributed by atoms with E-state index in [2.05, 4.69) is 5.32 Å². The lowest BCUT2D eigenvalue weighted by Crippen LogP contribution is -2.41. The predicted molar refractivity (Wildman–Crippen MR) is 60.5 cm³/mol. The van der Waals surface area contributed by atoms with Crippen LogP contribution < -0.4 is 11.1 Å². The first-order valence-electron chi connectivity index (χ1n) is 5.15. The Balaban J connectivity index is 0.00000169. The zero-order valence-electron chi connectivity index (χ0n) is 8.95. The van der Waals surface area contributed by atoms with Gasteiger partial charge in [-0.2, -0.15) is 0 Å². The Hall–Kier alpha value is -0.280. The lowest BCUT2D eigenvalue weighted by molar-refractivity contribution is -0.124. The molecule has 0 aromatic heterocycles. The van der Waals surface area contributed by atoms with Gasteiger partial charge in [0.05, 0.1) is 0 Å². The SMILES string of the molecule is CC(C)C(=O)NC1CCC(N)CC1.Cl. The maximum absolute atomic E-state index is 11.4. The van der Waals surface area contributed by atoms with Crippen molar-refractivity contribution in [2.75, 3.05) is 0 Å². The van der Waals surface area contributed by atoms with Crippen molar-refractivity contribution in [3.63, 3.8) is 0 Å². The van der Waals surface area contributed by atoms with Crippen LogP contribution in [0.3, 0.4) is 0 Å². The summed E-state index contributed by atoms with van der Waals surface area (Å²) >= 11 is 0. The molecule has 1 fully saturated rings. The van der Waals surface area contributed by atoms with Crippen LogP contribution >= 0.6 is 12.4 Å². The summed E-state index contributed by atoms with van der Waals surface area (Å²) in [5, 5.41) is 3.04. The Labute approximate surface area is 92.2 Å². The minimum Gasteiger partial charge on any atom is -0.353 e. The van der Waals surface area contributed by atoms with E-state index in [1.165, 1.54) is 0 Å². The van der Waals surface area contributed by atoms with Gasteiger partial charge in [-0.3, -0.25) is 4.79 Å². The first kappa shape index (κ1) is 13.7. The van der Waals surface area contributed by atoms with Gasteiger partial charge >= 0.3 is 0 Å². The summed E-state index contributed by atoms with van der Waals surface area (Å²) in [6.45, 7) is 3.84. The van der Waals surface area contributed by atoms with Crippen LogP contribution in [0.25, 0.3) is 0 Å². The monoisotopic (exact) mass is 220 g/mol. The third kappa shape index (κ3) is 4.29. The van der Waals surface area contributed by atoms with Gasteiger partial charge in [0.15, 0.2) is 0 Å². The van der Waals surface area contributed by atoms with Crippen LogP contribution in [0.4, 0.5) is 0 Å². The molecule has 0 aliphatic heterocycles. The van der Waals surface area contributed by atoms with E-state index < -0.39 is 0 Å². The summed E-state index contributed by atoms with van der Waals surface area (Å²) < 4.78 is 0. The molecule has 0 spiro atoms. The topological polar surface area (TPSA) is 55.1 Å². The zero-order valence-corrected chi connectivity index (χ0v) is 9.77. The average molecular weight is 221 g/mol. The van der Waals surface area contributed by atoms with Gasteiger partial charge in [-0.05, 0) is 25.7 Å². The smallest absolute Gasteiger partial charge is 0.222 e. The molecule has 1 aliphatic carbocycles. The normalized spacial score (nSPS) is 26.9. The van der Waals surface area contributed by atoms with E-state index >= 15 is 0 Å². The predicted octanol–water partition coefficient (Wildman–Crippen LogP) is 1.45. The van der Waals surface area contributed by atoms with Crippen molar-refractivity contribution in [2.45, 2.75) is 51.6 Å². The maximum Gasteiger partial charge on any atom is 0.222 e. The molecule has 1 saturated carbocycles. The van der Waals surface area contributed by atoms with Crippen LogP contribution in [0.2, 0.25) is 0 Å².